The Kier molecular flexibility index (Phi) is 4.73. The first-order valence-electron chi connectivity index (χ1n) is 7.76. The van der Waals surface area contributed by atoms with Gasteiger partial charge in [0.1, 0.15) is 0 Å². The molecule has 1 aliphatic heterocycles. The largest absolute Gasteiger partial charge is 0.372 e. The summed E-state index contributed by atoms with van der Waals surface area (Å²) >= 11 is 1.63. The summed E-state index contributed by atoms with van der Waals surface area (Å²) in [6.07, 6.45) is 3.71. The van der Waals surface area contributed by atoms with Crippen LogP contribution in [0.1, 0.15) is 30.0 Å². The first kappa shape index (κ1) is 15.0. The third-order valence-corrected chi connectivity index (χ3v) is 4.72. The van der Waals surface area contributed by atoms with Gasteiger partial charge in [-0.05, 0) is 50.5 Å². The smallest absolute Gasteiger partial charge is 0.224 e. The molecular weight excluding hydrogens is 294 g/mol. The van der Waals surface area contributed by atoms with Crippen molar-refractivity contribution in [2.45, 2.75) is 32.6 Å². The van der Waals surface area contributed by atoms with Crippen molar-refractivity contribution in [1.29, 1.82) is 0 Å². The van der Waals surface area contributed by atoms with Crippen molar-refractivity contribution in [3.8, 4) is 0 Å². The lowest BCUT2D eigenvalue weighted by molar-refractivity contribution is -0.116. The molecule has 0 spiro atoms. The van der Waals surface area contributed by atoms with E-state index in [1.165, 1.54) is 18.5 Å². The number of hydrogen-bond acceptors (Lipinski definition) is 4. The van der Waals surface area contributed by atoms with E-state index in [0.717, 1.165) is 29.5 Å². The van der Waals surface area contributed by atoms with Crippen LogP contribution in [0.3, 0.4) is 0 Å². The van der Waals surface area contributed by atoms with Crippen LogP contribution in [0.2, 0.25) is 0 Å². The Morgan fingerprint density at radius 1 is 1.27 bits per heavy atom. The minimum absolute atomic E-state index is 0.0413. The quantitative estimate of drug-likeness (QED) is 0.916. The van der Waals surface area contributed by atoms with Gasteiger partial charge in [0, 0.05) is 36.3 Å². The molecule has 0 atom stereocenters. The van der Waals surface area contributed by atoms with Crippen LogP contribution in [-0.4, -0.2) is 24.0 Å². The number of aryl methyl sites for hydroxylation is 2. The van der Waals surface area contributed by atoms with E-state index in [1.807, 2.05) is 24.4 Å². The highest BCUT2D eigenvalue weighted by Gasteiger charge is 2.12. The van der Waals surface area contributed by atoms with Crippen molar-refractivity contribution in [3.63, 3.8) is 0 Å². The van der Waals surface area contributed by atoms with Crippen molar-refractivity contribution in [3.05, 3.63) is 40.3 Å². The Bertz CT molecular complexity index is 630. The molecule has 22 heavy (non-hydrogen) atoms. The molecule has 1 aliphatic rings. The fraction of sp³-hybridized carbons (Fsp3) is 0.412. The Labute approximate surface area is 135 Å². The van der Waals surface area contributed by atoms with E-state index >= 15 is 0 Å². The first-order valence-corrected chi connectivity index (χ1v) is 8.64. The van der Waals surface area contributed by atoms with Crippen LogP contribution in [0.5, 0.6) is 0 Å². The average Bonchev–Trinajstić information content (AvgIpc) is 3.17. The van der Waals surface area contributed by atoms with Gasteiger partial charge in [-0.15, -0.1) is 11.3 Å². The lowest BCUT2D eigenvalue weighted by Crippen LogP contribution is -2.17. The van der Waals surface area contributed by atoms with E-state index in [-0.39, 0.29) is 5.91 Å². The van der Waals surface area contributed by atoms with Gasteiger partial charge in [-0.1, -0.05) is 0 Å². The topological polar surface area (TPSA) is 45.2 Å². The van der Waals surface area contributed by atoms with Gasteiger partial charge in [-0.25, -0.2) is 4.98 Å². The molecule has 0 bridgehead atoms. The van der Waals surface area contributed by atoms with Gasteiger partial charge in [0.25, 0.3) is 0 Å². The van der Waals surface area contributed by atoms with Gasteiger partial charge in [-0.3, -0.25) is 4.79 Å². The molecule has 1 aromatic heterocycles. The molecule has 2 heterocycles. The van der Waals surface area contributed by atoms with Crippen LogP contribution in [0, 0.1) is 6.92 Å². The molecule has 5 heteroatoms. The Morgan fingerprint density at radius 3 is 2.64 bits per heavy atom. The highest BCUT2D eigenvalue weighted by atomic mass is 32.1. The zero-order valence-corrected chi connectivity index (χ0v) is 13.7. The number of carbonyl (C=O) groups excluding carboxylic acids is 1. The molecule has 1 fully saturated rings. The Hall–Kier alpha value is -1.88. The molecule has 4 nitrogen and oxygen atoms in total. The van der Waals surface area contributed by atoms with Gasteiger partial charge in [0.2, 0.25) is 5.91 Å². The zero-order chi connectivity index (χ0) is 15.4. The lowest BCUT2D eigenvalue weighted by atomic mass is 10.2. The number of anilines is 2. The third kappa shape index (κ3) is 3.85. The predicted molar refractivity (Wildman–Crippen MR) is 91.7 cm³/mol. The van der Waals surface area contributed by atoms with Crippen LogP contribution in [0.4, 0.5) is 11.4 Å². The van der Waals surface area contributed by atoms with E-state index in [4.69, 9.17) is 0 Å². The fourth-order valence-corrected chi connectivity index (χ4v) is 3.37. The number of amides is 1. The second kappa shape index (κ2) is 6.92. The summed E-state index contributed by atoms with van der Waals surface area (Å²) in [6.45, 7) is 4.26. The number of hydrogen-bond donors (Lipinski definition) is 1. The molecule has 2 aromatic rings. The molecule has 116 valence electrons. The average molecular weight is 315 g/mol. The van der Waals surface area contributed by atoms with Crippen LogP contribution < -0.4 is 10.2 Å². The van der Waals surface area contributed by atoms with E-state index in [9.17, 15) is 4.79 Å². The molecule has 0 saturated carbocycles. The van der Waals surface area contributed by atoms with Crippen LogP contribution in [0.15, 0.2) is 29.6 Å². The first-order chi connectivity index (χ1) is 10.7. The predicted octanol–water partition coefficient (Wildman–Crippen LogP) is 3.62. The summed E-state index contributed by atoms with van der Waals surface area (Å²) in [5.74, 6) is 0.0413. The molecule has 1 N–H and O–H groups in total. The van der Waals surface area contributed by atoms with E-state index in [1.54, 1.807) is 11.3 Å². The van der Waals surface area contributed by atoms with Gasteiger partial charge >= 0.3 is 0 Å². The number of benzene rings is 1. The third-order valence-electron chi connectivity index (χ3n) is 3.90. The van der Waals surface area contributed by atoms with Crippen LogP contribution in [0.25, 0.3) is 0 Å². The molecule has 0 unspecified atom stereocenters. The van der Waals surface area contributed by atoms with Gasteiger partial charge in [0.15, 0.2) is 0 Å². The zero-order valence-electron chi connectivity index (χ0n) is 12.8. The maximum Gasteiger partial charge on any atom is 0.224 e. The van der Waals surface area contributed by atoms with Crippen LogP contribution in [-0.2, 0) is 11.2 Å². The monoisotopic (exact) mass is 315 g/mol. The summed E-state index contributed by atoms with van der Waals surface area (Å²) < 4.78 is 0. The second-order valence-electron chi connectivity index (χ2n) is 5.65. The van der Waals surface area contributed by atoms with Gasteiger partial charge in [-0.2, -0.15) is 0 Å². The summed E-state index contributed by atoms with van der Waals surface area (Å²) in [6, 6.07) is 8.15. The van der Waals surface area contributed by atoms with E-state index in [0.29, 0.717) is 12.8 Å². The summed E-state index contributed by atoms with van der Waals surface area (Å²) in [4.78, 5) is 18.8. The molecular formula is C17H21N3OS. The number of aromatic nitrogens is 1. The van der Waals surface area contributed by atoms with Crippen molar-refractivity contribution in [2.24, 2.45) is 0 Å². The maximum atomic E-state index is 12.0. The van der Waals surface area contributed by atoms with Crippen LogP contribution >= 0.6 is 11.3 Å². The number of rotatable bonds is 5. The van der Waals surface area contributed by atoms with E-state index < -0.39 is 0 Å². The van der Waals surface area contributed by atoms with E-state index in [2.05, 4.69) is 27.3 Å². The molecule has 1 saturated heterocycles. The second-order valence-corrected chi connectivity index (χ2v) is 6.71. The highest BCUT2D eigenvalue weighted by Crippen LogP contribution is 2.22. The molecule has 3 rings (SSSR count). The summed E-state index contributed by atoms with van der Waals surface area (Å²) in [5.41, 5.74) is 3.11. The standard InChI is InChI=1S/C17H21N3OS/c1-13-18-15(12-22-13)6-9-17(21)19-14-4-7-16(8-5-14)20-10-2-3-11-20/h4-5,7-8,12H,2-3,6,9-11H2,1H3,(H,19,21). The number of carbonyl (C=O) groups is 1. The van der Waals surface area contributed by atoms with Crippen molar-refractivity contribution in [2.75, 3.05) is 23.3 Å². The Morgan fingerprint density at radius 2 is 2.00 bits per heavy atom. The van der Waals surface area contributed by atoms with Gasteiger partial charge < -0.3 is 10.2 Å². The van der Waals surface area contributed by atoms with Crippen molar-refractivity contribution in [1.82, 2.24) is 4.98 Å². The van der Waals surface area contributed by atoms with Crippen molar-refractivity contribution >= 4 is 28.6 Å². The SMILES string of the molecule is Cc1nc(CCC(=O)Nc2ccc(N3CCCC3)cc2)cs1. The molecule has 1 aromatic carbocycles. The minimum Gasteiger partial charge on any atom is -0.372 e. The van der Waals surface area contributed by atoms with Gasteiger partial charge in [0.05, 0.1) is 10.7 Å². The molecule has 0 radical (unpaired) electrons. The normalized spacial score (nSPS) is 14.3. The maximum absolute atomic E-state index is 12.0. The molecule has 0 aliphatic carbocycles. The van der Waals surface area contributed by atoms with Crippen molar-refractivity contribution < 1.29 is 4.79 Å². The number of nitrogens with one attached hydrogen (secondary N) is 1. The Balaban J connectivity index is 1.50. The fourth-order valence-electron chi connectivity index (χ4n) is 2.72. The minimum atomic E-state index is 0.0413. The highest BCUT2D eigenvalue weighted by molar-refractivity contribution is 7.09. The summed E-state index contributed by atoms with van der Waals surface area (Å²) in [5, 5.41) is 6.03. The lowest BCUT2D eigenvalue weighted by Gasteiger charge is -2.17. The number of nitrogens with zero attached hydrogens (tertiary/aromatic N) is 2. The molecule has 1 amide bonds. The summed E-state index contributed by atoms with van der Waals surface area (Å²) in [7, 11) is 0. The number of thiazole rings is 1.